The molecule has 0 spiro atoms. The minimum atomic E-state index is -0.0169. The lowest BCUT2D eigenvalue weighted by atomic mass is 10.3. The third-order valence-corrected chi connectivity index (χ3v) is 4.78. The summed E-state index contributed by atoms with van der Waals surface area (Å²) in [6.45, 7) is 6.89. The lowest BCUT2D eigenvalue weighted by Crippen LogP contribution is -2.48. The van der Waals surface area contributed by atoms with Gasteiger partial charge in [0, 0.05) is 50.0 Å². The monoisotopic (exact) mass is 346 g/mol. The van der Waals surface area contributed by atoms with Crippen LogP contribution in [-0.2, 0) is 11.3 Å². The number of carbonyl (C=O) groups is 1. The maximum atomic E-state index is 12.1. The van der Waals surface area contributed by atoms with Gasteiger partial charge in [-0.05, 0) is 24.6 Å². The van der Waals surface area contributed by atoms with Crippen LogP contribution in [0.1, 0.15) is 10.4 Å². The first-order valence-electron chi connectivity index (χ1n) is 7.96. The number of nitrogens with two attached hydrogens (primary N) is 1. The van der Waals surface area contributed by atoms with Gasteiger partial charge in [-0.2, -0.15) is 0 Å². The Bertz CT molecular complexity index is 695. The number of pyridine rings is 1. The molecule has 0 radical (unpaired) electrons. The highest BCUT2D eigenvalue weighted by Gasteiger charge is 2.19. The molecule has 0 atom stereocenters. The van der Waals surface area contributed by atoms with Gasteiger partial charge in [-0.1, -0.05) is 0 Å². The van der Waals surface area contributed by atoms with Gasteiger partial charge in [-0.25, -0.2) is 9.97 Å². The number of nitrogens with zero attached hydrogens (tertiary/aromatic N) is 4. The molecule has 3 heterocycles. The first-order chi connectivity index (χ1) is 11.6. The van der Waals surface area contributed by atoms with E-state index in [0.717, 1.165) is 38.3 Å². The fourth-order valence-electron chi connectivity index (χ4n) is 2.71. The number of hydrogen-bond acceptors (Lipinski definition) is 7. The van der Waals surface area contributed by atoms with E-state index in [1.54, 1.807) is 6.20 Å². The van der Waals surface area contributed by atoms with Gasteiger partial charge in [0.15, 0.2) is 5.13 Å². The number of rotatable bonds is 5. The largest absolute Gasteiger partial charge is 0.375 e. The normalized spacial score (nSPS) is 16.2. The Morgan fingerprint density at radius 3 is 2.71 bits per heavy atom. The van der Waals surface area contributed by atoms with Gasteiger partial charge in [0.2, 0.25) is 5.91 Å². The maximum Gasteiger partial charge on any atom is 0.239 e. The summed E-state index contributed by atoms with van der Waals surface area (Å²) in [7, 11) is 0. The lowest BCUT2D eigenvalue weighted by Gasteiger charge is -2.33. The molecule has 24 heavy (non-hydrogen) atoms. The highest BCUT2D eigenvalue weighted by molar-refractivity contribution is 7.15. The zero-order valence-electron chi connectivity index (χ0n) is 13.7. The molecule has 1 aliphatic heterocycles. The first-order valence-corrected chi connectivity index (χ1v) is 8.77. The lowest BCUT2D eigenvalue weighted by molar-refractivity contribution is -0.117. The second-order valence-corrected chi connectivity index (χ2v) is 7.13. The number of aromatic nitrogens is 2. The predicted octanol–water partition coefficient (Wildman–Crippen LogP) is 1.19. The van der Waals surface area contributed by atoms with Crippen molar-refractivity contribution in [1.29, 1.82) is 0 Å². The van der Waals surface area contributed by atoms with Crippen LogP contribution in [0.15, 0.2) is 24.5 Å². The van der Waals surface area contributed by atoms with E-state index in [-0.39, 0.29) is 5.91 Å². The molecule has 1 fully saturated rings. The number of thiazole rings is 1. The average molecular weight is 346 g/mol. The summed E-state index contributed by atoms with van der Waals surface area (Å²) in [5.41, 5.74) is 6.75. The van der Waals surface area contributed by atoms with E-state index in [1.807, 2.05) is 25.3 Å². The topological polar surface area (TPSA) is 87.4 Å². The summed E-state index contributed by atoms with van der Waals surface area (Å²) in [4.78, 5) is 26.1. The molecule has 2 aromatic rings. The Morgan fingerprint density at radius 2 is 2.04 bits per heavy atom. The van der Waals surface area contributed by atoms with Crippen LogP contribution < -0.4 is 11.1 Å². The van der Waals surface area contributed by atoms with E-state index >= 15 is 0 Å². The summed E-state index contributed by atoms with van der Waals surface area (Å²) in [5.74, 6) is 0.596. The number of aryl methyl sites for hydroxylation is 1. The standard InChI is InChI=1S/C16H22N6OS/c1-12-2-3-18-14(8-12)20-15(23)11-22-6-4-21(5-7-22)10-13-9-19-16(17)24-13/h2-3,8-9H,4-7,10-11H2,1H3,(H2,17,19)(H,18,20,23). The van der Waals surface area contributed by atoms with Crippen LogP contribution in [0.25, 0.3) is 0 Å². The summed E-state index contributed by atoms with van der Waals surface area (Å²) in [6.07, 6.45) is 3.55. The van der Waals surface area contributed by atoms with Gasteiger partial charge in [0.25, 0.3) is 0 Å². The van der Waals surface area contributed by atoms with Crippen LogP contribution in [0.3, 0.4) is 0 Å². The van der Waals surface area contributed by atoms with E-state index in [1.165, 1.54) is 16.2 Å². The fraction of sp³-hybridized carbons (Fsp3) is 0.438. The third-order valence-electron chi connectivity index (χ3n) is 3.97. The number of hydrogen-bond donors (Lipinski definition) is 2. The molecule has 3 N–H and O–H groups in total. The molecule has 8 heteroatoms. The molecule has 0 aliphatic carbocycles. The third kappa shape index (κ3) is 4.73. The second-order valence-electron chi connectivity index (χ2n) is 5.98. The van der Waals surface area contributed by atoms with E-state index in [0.29, 0.717) is 17.5 Å². The van der Waals surface area contributed by atoms with Gasteiger partial charge >= 0.3 is 0 Å². The van der Waals surface area contributed by atoms with Crippen LogP contribution in [-0.4, -0.2) is 58.4 Å². The molecule has 3 rings (SSSR count). The molecule has 1 amide bonds. The molecule has 7 nitrogen and oxygen atoms in total. The van der Waals surface area contributed by atoms with E-state index in [9.17, 15) is 4.79 Å². The van der Waals surface area contributed by atoms with Crippen molar-refractivity contribution >= 4 is 28.2 Å². The SMILES string of the molecule is Cc1ccnc(NC(=O)CN2CCN(Cc3cnc(N)s3)CC2)c1. The second kappa shape index (κ2) is 7.69. The highest BCUT2D eigenvalue weighted by atomic mass is 32.1. The molecule has 128 valence electrons. The molecule has 0 bridgehead atoms. The highest BCUT2D eigenvalue weighted by Crippen LogP contribution is 2.17. The van der Waals surface area contributed by atoms with Gasteiger partial charge < -0.3 is 11.1 Å². The molecule has 0 saturated carbocycles. The molecule has 1 saturated heterocycles. The Morgan fingerprint density at radius 1 is 1.29 bits per heavy atom. The summed E-state index contributed by atoms with van der Waals surface area (Å²) in [6, 6.07) is 3.78. The van der Waals surface area contributed by atoms with Crippen LogP contribution >= 0.6 is 11.3 Å². The van der Waals surface area contributed by atoms with Gasteiger partial charge in [0.05, 0.1) is 6.54 Å². The molecular formula is C16H22N6OS. The van der Waals surface area contributed by atoms with Crippen molar-refractivity contribution in [3.05, 3.63) is 35.0 Å². The maximum absolute atomic E-state index is 12.1. The van der Waals surface area contributed by atoms with Crippen molar-refractivity contribution in [1.82, 2.24) is 19.8 Å². The Labute approximate surface area is 145 Å². The Balaban J connectivity index is 1.42. The fourth-order valence-corrected chi connectivity index (χ4v) is 3.44. The van der Waals surface area contributed by atoms with E-state index < -0.39 is 0 Å². The summed E-state index contributed by atoms with van der Waals surface area (Å²) in [5, 5.41) is 3.47. The van der Waals surface area contributed by atoms with Crippen LogP contribution in [0, 0.1) is 6.92 Å². The average Bonchev–Trinajstić information content (AvgIpc) is 2.94. The van der Waals surface area contributed by atoms with Gasteiger partial charge in [0.1, 0.15) is 5.82 Å². The van der Waals surface area contributed by atoms with Crippen LogP contribution in [0.4, 0.5) is 10.9 Å². The van der Waals surface area contributed by atoms with Crippen molar-refractivity contribution in [3.8, 4) is 0 Å². The molecule has 0 aromatic carbocycles. The Hall–Kier alpha value is -2.03. The first kappa shape index (κ1) is 16.8. The number of nitrogens with one attached hydrogen (secondary N) is 1. The minimum Gasteiger partial charge on any atom is -0.375 e. The summed E-state index contributed by atoms with van der Waals surface area (Å²) >= 11 is 1.54. The Kier molecular flexibility index (Phi) is 5.39. The van der Waals surface area contributed by atoms with Crippen molar-refractivity contribution in [3.63, 3.8) is 0 Å². The van der Waals surface area contributed by atoms with Crippen molar-refractivity contribution in [2.24, 2.45) is 0 Å². The molecule has 1 aliphatic rings. The zero-order valence-corrected chi connectivity index (χ0v) is 14.6. The summed E-state index contributed by atoms with van der Waals surface area (Å²) < 4.78 is 0. The number of anilines is 2. The smallest absolute Gasteiger partial charge is 0.239 e. The van der Waals surface area contributed by atoms with Gasteiger partial charge in [-0.15, -0.1) is 11.3 Å². The molecular weight excluding hydrogens is 324 g/mol. The minimum absolute atomic E-state index is 0.0169. The zero-order chi connectivity index (χ0) is 16.9. The quantitative estimate of drug-likeness (QED) is 0.845. The van der Waals surface area contributed by atoms with Gasteiger partial charge in [-0.3, -0.25) is 14.6 Å². The van der Waals surface area contributed by atoms with Crippen LogP contribution in [0.2, 0.25) is 0 Å². The number of piperazine rings is 1. The van der Waals surface area contributed by atoms with E-state index in [2.05, 4.69) is 25.1 Å². The van der Waals surface area contributed by atoms with Crippen molar-refractivity contribution in [2.75, 3.05) is 43.8 Å². The van der Waals surface area contributed by atoms with Crippen molar-refractivity contribution in [2.45, 2.75) is 13.5 Å². The number of nitrogen functional groups attached to an aromatic ring is 1. The van der Waals surface area contributed by atoms with Crippen LogP contribution in [0.5, 0.6) is 0 Å². The number of carbonyl (C=O) groups excluding carboxylic acids is 1. The molecule has 2 aromatic heterocycles. The molecule has 0 unspecified atom stereocenters. The predicted molar refractivity (Wildman–Crippen MR) is 95.8 cm³/mol. The van der Waals surface area contributed by atoms with E-state index in [4.69, 9.17) is 5.73 Å². The number of amides is 1. The van der Waals surface area contributed by atoms with Crippen molar-refractivity contribution < 1.29 is 4.79 Å².